The lowest BCUT2D eigenvalue weighted by molar-refractivity contribution is -0.120. The Kier molecular flexibility index (Phi) is 7.81. The molecule has 1 aromatic carbocycles. The van der Waals surface area contributed by atoms with E-state index in [1.54, 1.807) is 6.07 Å². The number of rotatable bonds is 9. The molecule has 1 fully saturated rings. The lowest BCUT2D eigenvalue weighted by Crippen LogP contribution is -2.37. The molecular weight excluding hydrogens is 516 g/mol. The van der Waals surface area contributed by atoms with Crippen molar-refractivity contribution in [3.8, 4) is 11.9 Å². The van der Waals surface area contributed by atoms with E-state index in [4.69, 9.17) is 9.47 Å². The van der Waals surface area contributed by atoms with Gasteiger partial charge in [-0.1, -0.05) is 0 Å². The fourth-order valence-corrected chi connectivity index (χ4v) is 5.04. The number of anilines is 3. The quantitative estimate of drug-likeness (QED) is 0.389. The minimum atomic E-state index is -0.513. The third-order valence-corrected chi connectivity index (χ3v) is 7.44. The number of cyclic esters (lactones) is 1. The summed E-state index contributed by atoms with van der Waals surface area (Å²) in [7, 11) is 3.69. The molecule has 0 radical (unpaired) electrons. The number of benzene rings is 1. The maximum Gasteiger partial charge on any atom is 0.415 e. The second-order valence-corrected chi connectivity index (χ2v) is 10.5. The minimum absolute atomic E-state index is 0.115. The Bertz CT molecular complexity index is 1370. The number of carbonyl (C=O) groups is 3. The van der Waals surface area contributed by atoms with Crippen molar-refractivity contribution in [2.75, 3.05) is 55.9 Å². The van der Waals surface area contributed by atoms with Gasteiger partial charge in [-0.25, -0.2) is 14.8 Å². The van der Waals surface area contributed by atoms with Crippen molar-refractivity contribution < 1.29 is 23.9 Å². The van der Waals surface area contributed by atoms with Crippen molar-refractivity contribution in [3.63, 3.8) is 0 Å². The number of nitriles is 1. The number of fused-ring (bicyclic) bond motifs is 2. The zero-order chi connectivity index (χ0) is 28.4. The molecule has 3 aliphatic rings. The van der Waals surface area contributed by atoms with Crippen LogP contribution in [0.25, 0.3) is 0 Å². The highest BCUT2D eigenvalue weighted by molar-refractivity contribution is 5.95. The molecule has 3 heterocycles. The number of amides is 3. The highest BCUT2D eigenvalue weighted by atomic mass is 16.6. The van der Waals surface area contributed by atoms with E-state index in [9.17, 15) is 19.6 Å². The van der Waals surface area contributed by atoms with Gasteiger partial charge in [0.2, 0.25) is 5.91 Å². The van der Waals surface area contributed by atoms with E-state index in [1.165, 1.54) is 11.1 Å². The van der Waals surface area contributed by atoms with Crippen LogP contribution in [0.15, 0.2) is 18.3 Å². The van der Waals surface area contributed by atoms with Crippen LogP contribution in [0.4, 0.5) is 22.1 Å². The van der Waals surface area contributed by atoms with Gasteiger partial charge >= 0.3 is 6.09 Å². The van der Waals surface area contributed by atoms with Gasteiger partial charge < -0.3 is 25.4 Å². The largest absolute Gasteiger partial charge is 0.465 e. The molecule has 13 nitrogen and oxygen atoms in total. The Morgan fingerprint density at radius 1 is 1.32 bits per heavy atom. The Morgan fingerprint density at radius 3 is 2.92 bits per heavy atom. The zero-order valence-electron chi connectivity index (χ0n) is 22.7. The maximum atomic E-state index is 12.5. The summed E-state index contributed by atoms with van der Waals surface area (Å²) >= 11 is 0. The maximum absolute atomic E-state index is 12.5. The van der Waals surface area contributed by atoms with Crippen LogP contribution in [0, 0.1) is 17.2 Å². The van der Waals surface area contributed by atoms with E-state index in [1.807, 2.05) is 32.0 Å². The third-order valence-electron chi connectivity index (χ3n) is 7.44. The molecule has 2 aliphatic heterocycles. The minimum Gasteiger partial charge on any atom is -0.465 e. The van der Waals surface area contributed by atoms with Crippen LogP contribution in [0.5, 0.6) is 5.88 Å². The number of likely N-dealkylation sites (N-methyl/N-ethyl adjacent to an activating group) is 1. The van der Waals surface area contributed by atoms with Gasteiger partial charge in [0.15, 0.2) is 18.2 Å². The van der Waals surface area contributed by atoms with Gasteiger partial charge in [-0.15, -0.1) is 0 Å². The molecule has 13 heteroatoms. The summed E-state index contributed by atoms with van der Waals surface area (Å²) in [5, 5.41) is 18.7. The first-order chi connectivity index (χ1) is 19.2. The van der Waals surface area contributed by atoms with Crippen molar-refractivity contribution in [2.24, 2.45) is 5.92 Å². The molecule has 40 heavy (non-hydrogen) atoms. The van der Waals surface area contributed by atoms with E-state index >= 15 is 0 Å². The van der Waals surface area contributed by atoms with E-state index in [0.29, 0.717) is 36.7 Å². The summed E-state index contributed by atoms with van der Waals surface area (Å²) in [6.07, 6.45) is 2.81. The normalized spacial score (nSPS) is 20.2. The molecule has 1 saturated heterocycles. The molecule has 1 unspecified atom stereocenters. The van der Waals surface area contributed by atoms with Crippen LogP contribution in [-0.4, -0.2) is 85.3 Å². The van der Waals surface area contributed by atoms with E-state index in [0.717, 1.165) is 30.5 Å². The predicted molar refractivity (Wildman–Crippen MR) is 145 cm³/mol. The topological polar surface area (TPSA) is 162 Å². The Balaban J connectivity index is 1.10. The second-order valence-electron chi connectivity index (χ2n) is 10.5. The van der Waals surface area contributed by atoms with Gasteiger partial charge in [-0.3, -0.25) is 19.4 Å². The Hall–Kier alpha value is -4.28. The van der Waals surface area contributed by atoms with Gasteiger partial charge in [0.05, 0.1) is 30.4 Å². The van der Waals surface area contributed by atoms with Crippen molar-refractivity contribution in [1.82, 2.24) is 20.2 Å². The first kappa shape index (κ1) is 27.3. The van der Waals surface area contributed by atoms with Gasteiger partial charge in [0.25, 0.3) is 11.8 Å². The summed E-state index contributed by atoms with van der Waals surface area (Å²) in [5.41, 5.74) is 3.38. The Labute approximate surface area is 231 Å². The number of aromatic nitrogens is 2. The van der Waals surface area contributed by atoms with Crippen molar-refractivity contribution >= 4 is 35.2 Å². The number of nitrogens with zero attached hydrogens (tertiary/aromatic N) is 5. The van der Waals surface area contributed by atoms with Gasteiger partial charge in [-0.05, 0) is 82.5 Å². The fraction of sp³-hybridized carbons (Fsp3) is 0.481. The number of ether oxygens (including phenoxy) is 2. The molecule has 210 valence electrons. The molecule has 1 aromatic heterocycles. The van der Waals surface area contributed by atoms with E-state index in [-0.39, 0.29) is 48.1 Å². The van der Waals surface area contributed by atoms with Crippen molar-refractivity contribution in [2.45, 2.75) is 38.3 Å². The highest BCUT2D eigenvalue weighted by Crippen LogP contribution is 2.32. The van der Waals surface area contributed by atoms with Gasteiger partial charge in [0, 0.05) is 5.69 Å². The van der Waals surface area contributed by atoms with Gasteiger partial charge in [0.1, 0.15) is 6.10 Å². The van der Waals surface area contributed by atoms with Crippen LogP contribution in [0.1, 0.15) is 30.0 Å². The summed E-state index contributed by atoms with van der Waals surface area (Å²) in [4.78, 5) is 48.2. The lowest BCUT2D eigenvalue weighted by Gasteiger charge is -2.19. The average molecular weight is 549 g/mol. The van der Waals surface area contributed by atoms with E-state index < -0.39 is 6.09 Å². The molecule has 3 atom stereocenters. The number of hydrogen-bond donors (Lipinski definition) is 3. The molecule has 3 N–H and O–H groups in total. The van der Waals surface area contributed by atoms with Crippen LogP contribution >= 0.6 is 0 Å². The first-order valence-corrected chi connectivity index (χ1v) is 13.2. The van der Waals surface area contributed by atoms with E-state index in [2.05, 4.69) is 32.0 Å². The third kappa shape index (κ3) is 5.83. The molecule has 3 amide bonds. The standard InChI is InChI=1S/C27H32N8O5/c1-15(34(2)3)25(37)31-19-8-17-6-16(7-21(17)18(9-19)10-28)11-29-5-4-20-13-35(27(38)40-20)22-12-30-26-24(32-22)33-23(36)14-39-26/h8-9,12,15-16,20,29H,4-7,11,13-14H2,1-3H3,(H,31,37)(H,32,33,36)/t15-,16?,20-/m1/s1. The van der Waals surface area contributed by atoms with Crippen molar-refractivity contribution in [1.29, 1.82) is 5.26 Å². The van der Waals surface area contributed by atoms with Crippen molar-refractivity contribution in [3.05, 3.63) is 35.0 Å². The van der Waals surface area contributed by atoms with Crippen LogP contribution in [0.3, 0.4) is 0 Å². The molecule has 0 bridgehead atoms. The van der Waals surface area contributed by atoms with Crippen LogP contribution < -0.4 is 25.6 Å². The summed E-state index contributed by atoms with van der Waals surface area (Å²) in [6.45, 7) is 3.43. The number of carbonyl (C=O) groups excluding carboxylic acids is 3. The molecular formula is C27H32N8O5. The fourth-order valence-electron chi connectivity index (χ4n) is 5.04. The van der Waals surface area contributed by atoms with Crippen LogP contribution in [-0.2, 0) is 27.2 Å². The van der Waals surface area contributed by atoms with Gasteiger partial charge in [-0.2, -0.15) is 5.26 Å². The molecule has 0 spiro atoms. The average Bonchev–Trinajstić information content (AvgIpc) is 3.52. The monoisotopic (exact) mass is 548 g/mol. The zero-order valence-corrected chi connectivity index (χ0v) is 22.7. The summed E-state index contributed by atoms with van der Waals surface area (Å²) < 4.78 is 10.7. The summed E-state index contributed by atoms with van der Waals surface area (Å²) in [5.74, 6) is 0.556. The first-order valence-electron chi connectivity index (χ1n) is 13.2. The predicted octanol–water partition coefficient (Wildman–Crippen LogP) is 1.29. The summed E-state index contributed by atoms with van der Waals surface area (Å²) in [6, 6.07) is 5.73. The lowest BCUT2D eigenvalue weighted by atomic mass is 10.0. The molecule has 0 saturated carbocycles. The molecule has 2 aromatic rings. The SMILES string of the molecule is C[C@H](C(=O)Nc1cc(C#N)c2c(c1)CC(CNCC[C@@H]1CN(c3cnc4c(n3)NC(=O)CO4)C(=O)O1)C2)N(C)C. The number of hydrogen-bond acceptors (Lipinski definition) is 10. The Morgan fingerprint density at radius 2 is 2.15 bits per heavy atom. The number of nitrogens with one attached hydrogen (secondary N) is 3. The molecule has 5 rings (SSSR count). The second kappa shape index (κ2) is 11.4. The highest BCUT2D eigenvalue weighted by Gasteiger charge is 2.34. The smallest absolute Gasteiger partial charge is 0.415 e. The molecule has 1 aliphatic carbocycles. The van der Waals surface area contributed by atoms with Crippen LogP contribution in [0.2, 0.25) is 0 Å².